The third kappa shape index (κ3) is 3.66. The highest BCUT2D eigenvalue weighted by atomic mass is 19.1. The highest BCUT2D eigenvalue weighted by Crippen LogP contribution is 2.27. The van der Waals surface area contributed by atoms with E-state index in [1.54, 1.807) is 7.05 Å². The minimum atomic E-state index is -1.65. The maximum Gasteiger partial charge on any atom is 0.307 e. The molecule has 0 amide bonds. The standard InChI is InChI=1S/C11H14F2N2O4/c1-14-3-2-10(16)11(17)6-4-8(13)9(15(18)19)5-7(6)12/h4-5,10-11,14,16-17H,2-3H2,1H3. The first-order valence-corrected chi connectivity index (χ1v) is 5.52. The van der Waals surface area contributed by atoms with Crippen LogP contribution >= 0.6 is 0 Å². The Morgan fingerprint density at radius 1 is 1.37 bits per heavy atom. The zero-order valence-corrected chi connectivity index (χ0v) is 10.1. The third-order valence-corrected chi connectivity index (χ3v) is 2.64. The normalized spacial score (nSPS) is 14.2. The monoisotopic (exact) mass is 276 g/mol. The molecule has 8 heteroatoms. The van der Waals surface area contributed by atoms with Crippen molar-refractivity contribution in [3.63, 3.8) is 0 Å². The summed E-state index contributed by atoms with van der Waals surface area (Å²) in [6, 6.07) is 0.916. The number of benzene rings is 1. The van der Waals surface area contributed by atoms with Crippen LogP contribution in [0.4, 0.5) is 14.5 Å². The van der Waals surface area contributed by atoms with E-state index in [4.69, 9.17) is 0 Å². The Morgan fingerprint density at radius 3 is 2.53 bits per heavy atom. The van der Waals surface area contributed by atoms with Gasteiger partial charge in [0.25, 0.3) is 0 Å². The summed E-state index contributed by atoms with van der Waals surface area (Å²) in [6.45, 7) is 0.370. The number of hydrogen-bond acceptors (Lipinski definition) is 5. The molecule has 0 saturated carbocycles. The fourth-order valence-corrected chi connectivity index (χ4v) is 1.58. The van der Waals surface area contributed by atoms with E-state index in [0.717, 1.165) is 0 Å². The first kappa shape index (κ1) is 15.4. The van der Waals surface area contributed by atoms with Crippen LogP contribution in [0.25, 0.3) is 0 Å². The molecule has 0 bridgehead atoms. The van der Waals surface area contributed by atoms with Gasteiger partial charge in [0.1, 0.15) is 11.9 Å². The van der Waals surface area contributed by atoms with Gasteiger partial charge < -0.3 is 15.5 Å². The van der Waals surface area contributed by atoms with E-state index in [2.05, 4.69) is 5.32 Å². The topological polar surface area (TPSA) is 95.6 Å². The summed E-state index contributed by atoms with van der Waals surface area (Å²) in [5.74, 6) is -2.40. The molecular formula is C11H14F2N2O4. The Kier molecular flexibility index (Phi) is 5.28. The van der Waals surface area contributed by atoms with Gasteiger partial charge in [-0.1, -0.05) is 0 Å². The molecule has 106 valence electrons. The van der Waals surface area contributed by atoms with Gasteiger partial charge in [-0.2, -0.15) is 4.39 Å². The van der Waals surface area contributed by atoms with Gasteiger partial charge in [-0.25, -0.2) is 4.39 Å². The zero-order chi connectivity index (χ0) is 14.6. The molecule has 2 atom stereocenters. The van der Waals surface area contributed by atoms with Crippen LogP contribution in [0.5, 0.6) is 0 Å². The van der Waals surface area contributed by atoms with E-state index in [1.807, 2.05) is 0 Å². The van der Waals surface area contributed by atoms with Crippen molar-refractivity contribution in [2.45, 2.75) is 18.6 Å². The van der Waals surface area contributed by atoms with Gasteiger partial charge in [0.15, 0.2) is 0 Å². The summed E-state index contributed by atoms with van der Waals surface area (Å²) in [5.41, 5.74) is -1.52. The van der Waals surface area contributed by atoms with Crippen molar-refractivity contribution in [3.8, 4) is 0 Å². The minimum Gasteiger partial charge on any atom is -0.390 e. The van der Waals surface area contributed by atoms with Gasteiger partial charge >= 0.3 is 5.69 Å². The zero-order valence-electron chi connectivity index (χ0n) is 10.1. The Hall–Kier alpha value is -1.64. The smallest absolute Gasteiger partial charge is 0.307 e. The molecule has 0 aliphatic carbocycles. The summed E-state index contributed by atoms with van der Waals surface area (Å²) in [5, 5.41) is 32.4. The Balaban J connectivity index is 3.01. The highest BCUT2D eigenvalue weighted by molar-refractivity contribution is 5.37. The van der Waals surface area contributed by atoms with Crippen molar-refractivity contribution in [1.82, 2.24) is 5.32 Å². The number of aliphatic hydroxyl groups is 2. The first-order valence-electron chi connectivity index (χ1n) is 5.52. The van der Waals surface area contributed by atoms with Crippen LogP contribution in [-0.2, 0) is 0 Å². The predicted octanol–water partition coefficient (Wildman–Crippen LogP) is 0.877. The fraction of sp³-hybridized carbons (Fsp3) is 0.455. The number of aliphatic hydroxyl groups excluding tert-OH is 2. The van der Waals surface area contributed by atoms with Crippen molar-refractivity contribution in [2.75, 3.05) is 13.6 Å². The predicted molar refractivity (Wildman–Crippen MR) is 62.5 cm³/mol. The largest absolute Gasteiger partial charge is 0.390 e. The molecule has 3 N–H and O–H groups in total. The lowest BCUT2D eigenvalue weighted by Crippen LogP contribution is -2.24. The molecule has 0 fully saturated rings. The molecule has 1 aromatic rings. The molecule has 0 saturated heterocycles. The maximum atomic E-state index is 13.6. The van der Waals surface area contributed by atoms with Crippen LogP contribution in [0.3, 0.4) is 0 Å². The lowest BCUT2D eigenvalue weighted by atomic mass is 10.0. The summed E-state index contributed by atoms with van der Waals surface area (Å²) < 4.78 is 26.9. The van der Waals surface area contributed by atoms with Gasteiger partial charge in [-0.05, 0) is 26.1 Å². The fourth-order valence-electron chi connectivity index (χ4n) is 1.58. The van der Waals surface area contributed by atoms with Crippen LogP contribution in [0, 0.1) is 21.7 Å². The minimum absolute atomic E-state index is 0.121. The van der Waals surface area contributed by atoms with E-state index in [-0.39, 0.29) is 6.42 Å². The average molecular weight is 276 g/mol. The SMILES string of the molecule is CNCCC(O)C(O)c1cc(F)c([N+](=O)[O-])cc1F. The van der Waals surface area contributed by atoms with Gasteiger partial charge in [-0.15, -0.1) is 0 Å². The molecule has 0 heterocycles. The summed E-state index contributed by atoms with van der Waals surface area (Å²) in [7, 11) is 1.63. The van der Waals surface area contributed by atoms with Crippen LogP contribution in [0.15, 0.2) is 12.1 Å². The third-order valence-electron chi connectivity index (χ3n) is 2.64. The van der Waals surface area contributed by atoms with Crippen LogP contribution < -0.4 is 5.32 Å². The Morgan fingerprint density at radius 2 is 2.00 bits per heavy atom. The van der Waals surface area contributed by atoms with Crippen molar-refractivity contribution >= 4 is 5.69 Å². The molecular weight excluding hydrogens is 262 g/mol. The molecule has 0 aromatic heterocycles. The van der Waals surface area contributed by atoms with Crippen LogP contribution in [0.1, 0.15) is 18.1 Å². The van der Waals surface area contributed by atoms with Crippen molar-refractivity contribution in [3.05, 3.63) is 39.4 Å². The molecule has 6 nitrogen and oxygen atoms in total. The van der Waals surface area contributed by atoms with Crippen molar-refractivity contribution < 1.29 is 23.9 Å². The number of nitrogens with zero attached hydrogens (tertiary/aromatic N) is 1. The number of nitro groups is 1. The van der Waals surface area contributed by atoms with E-state index in [1.165, 1.54) is 0 Å². The van der Waals surface area contributed by atoms with Gasteiger partial charge in [0, 0.05) is 5.56 Å². The highest BCUT2D eigenvalue weighted by Gasteiger charge is 2.26. The second kappa shape index (κ2) is 6.50. The molecule has 2 unspecified atom stereocenters. The quantitative estimate of drug-likeness (QED) is 0.529. The first-order chi connectivity index (χ1) is 8.88. The molecule has 0 spiro atoms. The van der Waals surface area contributed by atoms with Crippen molar-refractivity contribution in [2.24, 2.45) is 0 Å². The summed E-state index contributed by atoms with van der Waals surface area (Å²) >= 11 is 0. The Bertz CT molecular complexity index is 470. The summed E-state index contributed by atoms with van der Waals surface area (Å²) in [4.78, 5) is 9.35. The average Bonchev–Trinajstić information content (AvgIpc) is 2.36. The van der Waals surface area contributed by atoms with E-state index in [0.29, 0.717) is 18.7 Å². The number of rotatable bonds is 6. The van der Waals surface area contributed by atoms with Gasteiger partial charge in [0.05, 0.1) is 17.1 Å². The second-order valence-electron chi connectivity index (χ2n) is 3.99. The molecule has 0 aliphatic heterocycles. The lowest BCUT2D eigenvalue weighted by Gasteiger charge is -2.18. The number of halogens is 2. The molecule has 19 heavy (non-hydrogen) atoms. The summed E-state index contributed by atoms with van der Waals surface area (Å²) in [6.07, 6.45) is -2.83. The molecule has 1 aromatic carbocycles. The van der Waals surface area contributed by atoms with Gasteiger partial charge in [0.2, 0.25) is 5.82 Å². The Labute approximate surface area is 107 Å². The van der Waals surface area contributed by atoms with E-state index in [9.17, 15) is 29.1 Å². The van der Waals surface area contributed by atoms with Crippen LogP contribution in [-0.4, -0.2) is 34.8 Å². The number of hydrogen-bond donors (Lipinski definition) is 3. The molecule has 1 rings (SSSR count). The van der Waals surface area contributed by atoms with Crippen molar-refractivity contribution in [1.29, 1.82) is 0 Å². The molecule has 0 aliphatic rings. The van der Waals surface area contributed by atoms with Gasteiger partial charge in [-0.3, -0.25) is 10.1 Å². The molecule has 0 radical (unpaired) electrons. The maximum absolute atomic E-state index is 13.6. The number of nitrogens with one attached hydrogen (secondary N) is 1. The van der Waals surface area contributed by atoms with Crippen LogP contribution in [0.2, 0.25) is 0 Å². The number of nitro benzene ring substituents is 1. The lowest BCUT2D eigenvalue weighted by molar-refractivity contribution is -0.387. The van der Waals surface area contributed by atoms with E-state index >= 15 is 0 Å². The van der Waals surface area contributed by atoms with E-state index < -0.39 is 40.0 Å². The second-order valence-corrected chi connectivity index (χ2v) is 3.99.